The summed E-state index contributed by atoms with van der Waals surface area (Å²) in [6.45, 7) is 7.72. The number of aryl methyl sites for hydroxylation is 1. The predicted molar refractivity (Wildman–Crippen MR) is 120 cm³/mol. The Hall–Kier alpha value is -3.13. The standard InChI is InChI=1S/C22H27N3O4S/c1-5-15(3)29-18-11-9-17(10-12-18)21(27)23-22(30)25-24-20(26)13-28-19-8-6-7-14(2)16(19)4/h6-12,15H,5,13H2,1-4H3,(H,24,26)(H2,23,25,27,30). The quantitative estimate of drug-likeness (QED) is 0.463. The minimum atomic E-state index is -0.431. The highest BCUT2D eigenvalue weighted by atomic mass is 32.1. The molecule has 3 N–H and O–H groups in total. The number of carbonyl (C=O) groups is 2. The van der Waals surface area contributed by atoms with E-state index in [-0.39, 0.29) is 17.8 Å². The molecule has 0 aliphatic rings. The van der Waals surface area contributed by atoms with Crippen molar-refractivity contribution in [2.75, 3.05) is 6.61 Å². The van der Waals surface area contributed by atoms with Gasteiger partial charge in [-0.05, 0) is 80.9 Å². The number of nitrogens with one attached hydrogen (secondary N) is 3. The number of hydrogen-bond acceptors (Lipinski definition) is 5. The van der Waals surface area contributed by atoms with Gasteiger partial charge in [0.15, 0.2) is 11.7 Å². The molecule has 2 amide bonds. The first-order valence-corrected chi connectivity index (χ1v) is 10.1. The Morgan fingerprint density at radius 3 is 2.43 bits per heavy atom. The minimum absolute atomic E-state index is 0.0278. The van der Waals surface area contributed by atoms with Crippen LogP contribution in [0.25, 0.3) is 0 Å². The Morgan fingerprint density at radius 1 is 1.07 bits per heavy atom. The van der Waals surface area contributed by atoms with Crippen LogP contribution in [0, 0.1) is 13.8 Å². The maximum atomic E-state index is 12.3. The van der Waals surface area contributed by atoms with Gasteiger partial charge in [-0.2, -0.15) is 0 Å². The van der Waals surface area contributed by atoms with Gasteiger partial charge in [0.25, 0.3) is 11.8 Å². The van der Waals surface area contributed by atoms with Gasteiger partial charge >= 0.3 is 0 Å². The Labute approximate surface area is 182 Å². The molecule has 1 atom stereocenters. The zero-order valence-electron chi connectivity index (χ0n) is 17.6. The van der Waals surface area contributed by atoms with Gasteiger partial charge in [-0.25, -0.2) is 0 Å². The summed E-state index contributed by atoms with van der Waals surface area (Å²) in [6, 6.07) is 12.4. The molecule has 1 unspecified atom stereocenters. The van der Waals surface area contributed by atoms with E-state index in [1.165, 1.54) is 0 Å². The van der Waals surface area contributed by atoms with Crippen LogP contribution in [0.3, 0.4) is 0 Å². The molecule has 2 aromatic rings. The van der Waals surface area contributed by atoms with Crippen molar-refractivity contribution in [3.05, 3.63) is 59.2 Å². The molecule has 30 heavy (non-hydrogen) atoms. The van der Waals surface area contributed by atoms with Crippen molar-refractivity contribution in [2.24, 2.45) is 0 Å². The third kappa shape index (κ3) is 7.04. The fourth-order valence-electron chi connectivity index (χ4n) is 2.39. The summed E-state index contributed by atoms with van der Waals surface area (Å²) >= 11 is 5.04. The van der Waals surface area contributed by atoms with E-state index < -0.39 is 11.8 Å². The molecule has 2 aromatic carbocycles. The lowest BCUT2D eigenvalue weighted by atomic mass is 10.1. The molecule has 7 nitrogen and oxygen atoms in total. The van der Waals surface area contributed by atoms with Crippen molar-refractivity contribution in [1.82, 2.24) is 16.2 Å². The summed E-state index contributed by atoms with van der Waals surface area (Å²) in [5.74, 6) is 0.502. The molecule has 160 valence electrons. The number of carbonyl (C=O) groups excluding carboxylic acids is 2. The Bertz CT molecular complexity index is 900. The summed E-state index contributed by atoms with van der Waals surface area (Å²) in [7, 11) is 0. The molecule has 0 aromatic heterocycles. The smallest absolute Gasteiger partial charge is 0.276 e. The number of thiocarbonyl (C=S) groups is 1. The predicted octanol–water partition coefficient (Wildman–Crippen LogP) is 3.20. The third-order valence-electron chi connectivity index (χ3n) is 4.48. The van der Waals surface area contributed by atoms with E-state index in [0.29, 0.717) is 17.1 Å². The van der Waals surface area contributed by atoms with E-state index in [1.807, 2.05) is 39.8 Å². The maximum absolute atomic E-state index is 12.3. The highest BCUT2D eigenvalue weighted by Crippen LogP contribution is 2.20. The molecule has 0 fully saturated rings. The normalized spacial score (nSPS) is 11.2. The highest BCUT2D eigenvalue weighted by molar-refractivity contribution is 7.80. The van der Waals surface area contributed by atoms with Gasteiger partial charge in [0.1, 0.15) is 11.5 Å². The van der Waals surface area contributed by atoms with Gasteiger partial charge in [-0.1, -0.05) is 19.1 Å². The zero-order valence-corrected chi connectivity index (χ0v) is 18.4. The SMILES string of the molecule is CCC(C)Oc1ccc(C(=O)NC(=S)NNC(=O)COc2cccc(C)c2C)cc1. The second kappa shape index (κ2) is 11.2. The van der Waals surface area contributed by atoms with Crippen LogP contribution in [0.15, 0.2) is 42.5 Å². The summed E-state index contributed by atoms with van der Waals surface area (Å²) < 4.78 is 11.2. The van der Waals surface area contributed by atoms with Crippen LogP contribution >= 0.6 is 12.2 Å². The second-order valence-corrected chi connectivity index (χ2v) is 7.21. The fraction of sp³-hybridized carbons (Fsp3) is 0.318. The third-order valence-corrected chi connectivity index (χ3v) is 4.69. The largest absolute Gasteiger partial charge is 0.491 e. The Balaban J connectivity index is 1.76. The lowest BCUT2D eigenvalue weighted by Crippen LogP contribution is -2.49. The summed E-state index contributed by atoms with van der Waals surface area (Å²) in [6.07, 6.45) is 0.993. The molecule has 0 saturated heterocycles. The molecular formula is C22H27N3O4S. The van der Waals surface area contributed by atoms with Crippen molar-refractivity contribution in [3.63, 3.8) is 0 Å². The zero-order chi connectivity index (χ0) is 22.1. The molecule has 0 saturated carbocycles. The van der Waals surface area contributed by atoms with E-state index in [1.54, 1.807) is 30.3 Å². The van der Waals surface area contributed by atoms with Crippen molar-refractivity contribution in [1.29, 1.82) is 0 Å². The van der Waals surface area contributed by atoms with Gasteiger partial charge < -0.3 is 9.47 Å². The lowest BCUT2D eigenvalue weighted by Gasteiger charge is -2.14. The van der Waals surface area contributed by atoms with Crippen molar-refractivity contribution >= 4 is 29.1 Å². The second-order valence-electron chi connectivity index (χ2n) is 6.80. The molecule has 8 heteroatoms. The van der Waals surface area contributed by atoms with Crippen molar-refractivity contribution < 1.29 is 19.1 Å². The van der Waals surface area contributed by atoms with Gasteiger partial charge in [-0.3, -0.25) is 25.8 Å². The van der Waals surface area contributed by atoms with Crippen LogP contribution in [0.5, 0.6) is 11.5 Å². The first-order valence-electron chi connectivity index (χ1n) is 9.66. The molecule has 0 heterocycles. The summed E-state index contributed by atoms with van der Waals surface area (Å²) in [5.41, 5.74) is 7.35. The van der Waals surface area contributed by atoms with Crippen molar-refractivity contribution in [2.45, 2.75) is 40.2 Å². The lowest BCUT2D eigenvalue weighted by molar-refractivity contribution is -0.123. The number of benzene rings is 2. The topological polar surface area (TPSA) is 88.7 Å². The highest BCUT2D eigenvalue weighted by Gasteiger charge is 2.10. The van der Waals surface area contributed by atoms with Gasteiger partial charge in [0, 0.05) is 5.56 Å². The number of rotatable bonds is 7. The molecule has 0 radical (unpaired) electrons. The maximum Gasteiger partial charge on any atom is 0.276 e. The van der Waals surface area contributed by atoms with Crippen LogP contribution in [0.2, 0.25) is 0 Å². The van der Waals surface area contributed by atoms with Crippen LogP contribution < -0.4 is 25.6 Å². The van der Waals surface area contributed by atoms with E-state index in [2.05, 4.69) is 16.2 Å². The number of hydrogen-bond donors (Lipinski definition) is 3. The molecular weight excluding hydrogens is 402 g/mol. The summed E-state index contributed by atoms with van der Waals surface area (Å²) in [5, 5.41) is 2.47. The van der Waals surface area contributed by atoms with Crippen molar-refractivity contribution in [3.8, 4) is 11.5 Å². The molecule has 0 spiro atoms. The average Bonchev–Trinajstić information content (AvgIpc) is 2.73. The van der Waals surface area contributed by atoms with E-state index in [4.69, 9.17) is 21.7 Å². The monoisotopic (exact) mass is 429 g/mol. The Kier molecular flexibility index (Phi) is 8.61. The number of hydrazine groups is 1. The Morgan fingerprint density at radius 2 is 1.77 bits per heavy atom. The molecule has 0 bridgehead atoms. The number of amides is 2. The van der Waals surface area contributed by atoms with E-state index in [9.17, 15) is 9.59 Å². The first kappa shape index (κ1) is 23.2. The number of ether oxygens (including phenoxy) is 2. The average molecular weight is 430 g/mol. The van der Waals surface area contributed by atoms with E-state index in [0.717, 1.165) is 17.5 Å². The molecule has 0 aliphatic carbocycles. The first-order chi connectivity index (χ1) is 14.3. The van der Waals surface area contributed by atoms with Gasteiger partial charge in [0.2, 0.25) is 0 Å². The van der Waals surface area contributed by atoms with Gasteiger partial charge in [-0.15, -0.1) is 0 Å². The molecule has 2 rings (SSSR count). The van der Waals surface area contributed by atoms with Crippen LogP contribution in [-0.4, -0.2) is 29.6 Å². The van der Waals surface area contributed by atoms with Crippen LogP contribution in [0.1, 0.15) is 41.8 Å². The van der Waals surface area contributed by atoms with Gasteiger partial charge in [0.05, 0.1) is 6.10 Å². The molecule has 0 aliphatic heterocycles. The summed E-state index contributed by atoms with van der Waals surface area (Å²) in [4.78, 5) is 24.2. The van der Waals surface area contributed by atoms with Crippen LogP contribution in [-0.2, 0) is 4.79 Å². The fourth-order valence-corrected chi connectivity index (χ4v) is 2.54. The van der Waals surface area contributed by atoms with E-state index >= 15 is 0 Å². The van der Waals surface area contributed by atoms with Crippen LogP contribution in [0.4, 0.5) is 0 Å². The minimum Gasteiger partial charge on any atom is -0.491 e.